The van der Waals surface area contributed by atoms with Crippen LogP contribution < -0.4 is 4.74 Å². The van der Waals surface area contributed by atoms with E-state index < -0.39 is 83.7 Å². The molecule has 0 spiro atoms. The summed E-state index contributed by atoms with van der Waals surface area (Å²) in [4.78, 5) is 16.2. The monoisotopic (exact) mass is 783 g/mol. The van der Waals surface area contributed by atoms with Crippen LogP contribution in [0.5, 0.6) is 5.75 Å². The first-order chi connectivity index (χ1) is 25.6. The highest BCUT2D eigenvalue weighted by atomic mass is 19.1. The Morgan fingerprint density at radius 1 is 0.927 bits per heavy atom. The molecule has 3 saturated heterocycles. The van der Waals surface area contributed by atoms with Gasteiger partial charge in [-0.05, 0) is 111 Å². The van der Waals surface area contributed by atoms with Gasteiger partial charge in [0.05, 0.1) is 41.5 Å². The van der Waals surface area contributed by atoms with Crippen molar-refractivity contribution in [3.63, 3.8) is 0 Å². The van der Waals surface area contributed by atoms with Gasteiger partial charge in [0.2, 0.25) is 0 Å². The van der Waals surface area contributed by atoms with Gasteiger partial charge >= 0.3 is 5.97 Å². The number of hydrogen-bond donors (Lipinski definition) is 3. The van der Waals surface area contributed by atoms with Gasteiger partial charge in [0.15, 0.2) is 12.6 Å². The quantitative estimate of drug-likeness (QED) is 0.282. The van der Waals surface area contributed by atoms with Crippen LogP contribution in [0.4, 0.5) is 4.39 Å². The third-order valence-electron chi connectivity index (χ3n) is 12.3. The molecule has 1 aromatic carbocycles. The van der Waals surface area contributed by atoms with Gasteiger partial charge in [0.1, 0.15) is 35.5 Å². The highest BCUT2D eigenvalue weighted by Gasteiger charge is 2.51. The van der Waals surface area contributed by atoms with Crippen LogP contribution in [-0.2, 0) is 33.2 Å². The van der Waals surface area contributed by atoms with Gasteiger partial charge in [0, 0.05) is 38.5 Å². The van der Waals surface area contributed by atoms with E-state index in [1.807, 2.05) is 53.5 Å². The predicted molar refractivity (Wildman–Crippen MR) is 205 cm³/mol. The Bertz CT molecular complexity index is 1370. The lowest BCUT2D eigenvalue weighted by Crippen LogP contribution is -2.59. The summed E-state index contributed by atoms with van der Waals surface area (Å²) in [7, 11) is 3.51. The summed E-state index contributed by atoms with van der Waals surface area (Å²) in [5, 5.41) is 36.0. The number of cyclic esters (lactones) is 1. The van der Waals surface area contributed by atoms with Crippen molar-refractivity contribution in [3.05, 3.63) is 30.1 Å². The predicted octanol–water partition coefficient (Wildman–Crippen LogP) is 5.62. The maximum Gasteiger partial charge on any atom is 0.311 e. The lowest BCUT2D eigenvalue weighted by atomic mass is 9.77. The number of nitrogens with zero attached hydrogens (tertiary/aromatic N) is 1. The Kier molecular flexibility index (Phi) is 15.6. The molecule has 3 fully saturated rings. The van der Waals surface area contributed by atoms with Crippen molar-refractivity contribution in [2.75, 3.05) is 20.7 Å². The molecule has 0 aliphatic carbocycles. The number of carbonyl (C=O) groups excluding carboxylic acids is 1. The van der Waals surface area contributed by atoms with Crippen LogP contribution in [0, 0.1) is 23.6 Å². The fourth-order valence-electron chi connectivity index (χ4n) is 8.98. The van der Waals surface area contributed by atoms with Crippen molar-refractivity contribution in [1.82, 2.24) is 4.90 Å². The topological polar surface area (TPSA) is 146 Å². The number of esters is 1. The minimum Gasteiger partial charge on any atom is -0.485 e. The van der Waals surface area contributed by atoms with Crippen molar-refractivity contribution < 1.29 is 57.7 Å². The van der Waals surface area contributed by atoms with Crippen molar-refractivity contribution >= 4 is 5.97 Å². The fraction of sp³-hybridized carbons (Fsp3) is 0.833. The van der Waals surface area contributed by atoms with Gasteiger partial charge < -0.3 is 53.4 Å². The highest BCUT2D eigenvalue weighted by Crippen LogP contribution is 2.40. The zero-order valence-electron chi connectivity index (χ0n) is 35.2. The first kappa shape index (κ1) is 45.8. The molecule has 3 N–H and O–H groups in total. The fourth-order valence-corrected chi connectivity index (χ4v) is 8.98. The third-order valence-corrected chi connectivity index (χ3v) is 12.3. The average Bonchev–Trinajstić information content (AvgIpc) is 3.11. The van der Waals surface area contributed by atoms with Crippen LogP contribution >= 0.6 is 0 Å². The van der Waals surface area contributed by atoms with Gasteiger partial charge in [-0.25, -0.2) is 4.39 Å². The van der Waals surface area contributed by atoms with Crippen molar-refractivity contribution in [3.8, 4) is 5.75 Å². The van der Waals surface area contributed by atoms with E-state index >= 15 is 0 Å². The normalized spacial score (nSPS) is 44.6. The number of ether oxygens (including phenoxy) is 7. The van der Waals surface area contributed by atoms with E-state index in [4.69, 9.17) is 33.2 Å². The number of hydrogen-bond acceptors (Lipinski definition) is 12. The Labute approximate surface area is 328 Å². The van der Waals surface area contributed by atoms with E-state index in [-0.39, 0.29) is 36.8 Å². The molecule has 0 bridgehead atoms. The molecule has 0 amide bonds. The molecule has 55 heavy (non-hydrogen) atoms. The van der Waals surface area contributed by atoms with E-state index in [9.17, 15) is 24.5 Å². The minimum absolute atomic E-state index is 0.123. The Morgan fingerprint density at radius 2 is 1.58 bits per heavy atom. The average molecular weight is 784 g/mol. The molecule has 0 aromatic heterocycles. The lowest BCUT2D eigenvalue weighted by Gasteiger charge is -2.47. The molecular weight excluding hydrogens is 713 g/mol. The molecule has 3 aliphatic rings. The summed E-state index contributed by atoms with van der Waals surface area (Å²) in [6.07, 6.45) is -4.08. The smallest absolute Gasteiger partial charge is 0.311 e. The Morgan fingerprint density at radius 3 is 2.20 bits per heavy atom. The molecule has 16 atom stereocenters. The second-order valence-corrected chi connectivity index (χ2v) is 17.6. The number of aliphatic hydroxyl groups is 3. The highest BCUT2D eigenvalue weighted by molar-refractivity contribution is 5.73. The number of aliphatic hydroxyl groups excluding tert-OH is 1. The van der Waals surface area contributed by atoms with Crippen molar-refractivity contribution in [2.24, 2.45) is 17.8 Å². The molecule has 1 aromatic rings. The summed E-state index contributed by atoms with van der Waals surface area (Å²) in [5.41, 5.74) is -3.85. The van der Waals surface area contributed by atoms with Crippen LogP contribution in [0.15, 0.2) is 24.3 Å². The standard InChI is InChI=1S/C42H70FNO11/c1-13-33-42(10,48)36(45)29(7)44(11)23-24(2)20-41(9,47)37(55-39-32(19-14-25(3)51-39)52-31-17-15-30(43)16-18-31)27(5)35(28(6)38(46)53-33)54-34-22-40(8,49-12)21-26(4)50-34/h15-18,24-29,32-37,39,45,47-48H,13-14,19-23H2,1-12H3/t24-,25-,26+,27+,28-,29-,32-,33-,34+,35+,36-,37?,39?,40+,41-,42-/m1/s1. The van der Waals surface area contributed by atoms with Crippen LogP contribution in [0.3, 0.4) is 0 Å². The van der Waals surface area contributed by atoms with Crippen LogP contribution in [0.2, 0.25) is 0 Å². The van der Waals surface area contributed by atoms with Crippen LogP contribution in [0.1, 0.15) is 108 Å². The lowest BCUT2D eigenvalue weighted by molar-refractivity contribution is -0.301. The first-order valence-corrected chi connectivity index (χ1v) is 20.2. The first-order valence-electron chi connectivity index (χ1n) is 20.2. The largest absolute Gasteiger partial charge is 0.485 e. The van der Waals surface area contributed by atoms with Crippen molar-refractivity contribution in [1.29, 1.82) is 0 Å². The molecule has 0 saturated carbocycles. The molecule has 12 nitrogen and oxygen atoms in total. The number of benzene rings is 1. The van der Waals surface area contributed by atoms with E-state index in [2.05, 4.69) is 0 Å². The molecule has 4 rings (SSSR count). The summed E-state index contributed by atoms with van der Waals surface area (Å²) in [6, 6.07) is 5.24. The van der Waals surface area contributed by atoms with Crippen LogP contribution in [0.25, 0.3) is 0 Å². The van der Waals surface area contributed by atoms with E-state index in [0.29, 0.717) is 38.0 Å². The van der Waals surface area contributed by atoms with E-state index in [0.717, 1.165) is 0 Å². The summed E-state index contributed by atoms with van der Waals surface area (Å²) >= 11 is 0. The molecular formula is C42H70FNO11. The maximum atomic E-state index is 14.3. The number of halogens is 1. The van der Waals surface area contributed by atoms with Gasteiger partial charge in [-0.3, -0.25) is 4.79 Å². The SMILES string of the molecule is CC[C@H]1OC(=O)[C@H](C)[C@@H](O[C@H]2C[C@@](C)(OC)C[C@H](C)O2)[C@H](C)C(OC2O[C@H](C)CC[C@H]2Oc2ccc(F)cc2)[C@](C)(O)C[C@@H](C)CN(C)[C@H](C)[C@@H](O)[C@]1(C)O. The summed E-state index contributed by atoms with van der Waals surface area (Å²) < 4.78 is 58.6. The molecule has 2 unspecified atom stereocenters. The zero-order chi connectivity index (χ0) is 41.0. The Balaban J connectivity index is 1.81. The third kappa shape index (κ3) is 11.4. The number of likely N-dealkylation sites (N-methyl/N-ethyl adjacent to an activating group) is 1. The van der Waals surface area contributed by atoms with Crippen LogP contribution in [-0.4, -0.2) is 125 Å². The zero-order valence-corrected chi connectivity index (χ0v) is 35.2. The molecule has 13 heteroatoms. The second-order valence-electron chi connectivity index (χ2n) is 17.6. The molecule has 0 radical (unpaired) electrons. The Hall–Kier alpha value is -1.94. The van der Waals surface area contributed by atoms with Crippen molar-refractivity contribution in [2.45, 2.75) is 186 Å². The van der Waals surface area contributed by atoms with Gasteiger partial charge in [-0.2, -0.15) is 0 Å². The van der Waals surface area contributed by atoms with E-state index in [1.54, 1.807) is 40.0 Å². The number of carbonyl (C=O) groups is 1. The molecule has 316 valence electrons. The maximum absolute atomic E-state index is 14.3. The number of rotatable bonds is 8. The van der Waals surface area contributed by atoms with Gasteiger partial charge in [-0.15, -0.1) is 0 Å². The van der Waals surface area contributed by atoms with Gasteiger partial charge in [0.25, 0.3) is 0 Å². The van der Waals surface area contributed by atoms with E-state index in [1.165, 1.54) is 19.1 Å². The summed E-state index contributed by atoms with van der Waals surface area (Å²) in [5.74, 6) is -2.32. The number of methoxy groups -OCH3 is 1. The molecule has 3 heterocycles. The second kappa shape index (κ2) is 18.8. The summed E-state index contributed by atoms with van der Waals surface area (Å²) in [6.45, 7) is 18.8. The molecule has 3 aliphatic heterocycles. The van der Waals surface area contributed by atoms with Gasteiger partial charge in [-0.1, -0.05) is 20.8 Å². The minimum atomic E-state index is -1.78.